The second kappa shape index (κ2) is 4.57. The van der Waals surface area contributed by atoms with Crippen molar-refractivity contribution >= 4 is 5.69 Å². The predicted molar refractivity (Wildman–Crippen MR) is 36.7 cm³/mol. The molecule has 0 fully saturated rings. The molecule has 0 saturated heterocycles. The molecular formula is C7H6NO2Y+2. The second-order valence-corrected chi connectivity index (χ2v) is 1.97. The number of benzene rings is 1. The maximum absolute atomic E-state index is 10.2. The third-order valence-electron chi connectivity index (χ3n) is 1.24. The molecule has 0 saturated carbocycles. The van der Waals surface area contributed by atoms with Crippen LogP contribution in [-0.4, -0.2) is 4.92 Å². The molecule has 3 nitrogen and oxygen atoms in total. The van der Waals surface area contributed by atoms with Crippen LogP contribution in [0.25, 0.3) is 0 Å². The van der Waals surface area contributed by atoms with Gasteiger partial charge in [0.05, 0.1) is 0 Å². The molecular weight excluding hydrogens is 219 g/mol. The van der Waals surface area contributed by atoms with E-state index in [0.717, 1.165) is 0 Å². The first kappa shape index (κ1) is 10.7. The molecule has 0 spiro atoms. The molecule has 0 aliphatic heterocycles. The van der Waals surface area contributed by atoms with Gasteiger partial charge in [0.2, 0.25) is 0 Å². The van der Waals surface area contributed by atoms with E-state index in [1.54, 1.807) is 13.0 Å². The van der Waals surface area contributed by atoms with Gasteiger partial charge < -0.3 is 0 Å². The standard InChI is InChI=1S/C7H6NO2.Y/c1-6-4-2-3-5-7(6)8(9)10;/h3-5H,1H3;/q-1;+3. The predicted octanol–water partition coefficient (Wildman–Crippen LogP) is 1.70. The first-order valence-electron chi connectivity index (χ1n) is 2.83. The van der Waals surface area contributed by atoms with E-state index >= 15 is 0 Å². The van der Waals surface area contributed by atoms with E-state index in [9.17, 15) is 10.1 Å². The quantitative estimate of drug-likeness (QED) is 0.414. The van der Waals surface area contributed by atoms with Gasteiger partial charge in [-0.25, -0.2) is 0 Å². The molecule has 52 valence electrons. The number of aryl methyl sites for hydroxylation is 1. The van der Waals surface area contributed by atoms with E-state index in [1.165, 1.54) is 12.1 Å². The summed E-state index contributed by atoms with van der Waals surface area (Å²) in [5.41, 5.74) is 0.797. The van der Waals surface area contributed by atoms with Gasteiger partial charge in [-0.05, 0) is 0 Å². The van der Waals surface area contributed by atoms with E-state index < -0.39 is 4.92 Å². The molecule has 0 N–H and O–H groups in total. The van der Waals surface area contributed by atoms with E-state index in [1.807, 2.05) is 0 Å². The summed E-state index contributed by atoms with van der Waals surface area (Å²) in [4.78, 5) is 9.81. The minimum absolute atomic E-state index is 0. The summed E-state index contributed by atoms with van der Waals surface area (Å²) >= 11 is 0. The molecule has 11 heavy (non-hydrogen) atoms. The maximum Gasteiger partial charge on any atom is 3.00 e. The van der Waals surface area contributed by atoms with Crippen LogP contribution in [0.5, 0.6) is 0 Å². The van der Waals surface area contributed by atoms with E-state index in [2.05, 4.69) is 6.07 Å². The second-order valence-electron chi connectivity index (χ2n) is 1.97. The van der Waals surface area contributed by atoms with Crippen LogP contribution in [0.3, 0.4) is 0 Å². The van der Waals surface area contributed by atoms with Gasteiger partial charge in [0.25, 0.3) is 0 Å². The Morgan fingerprint density at radius 2 is 2.27 bits per heavy atom. The average Bonchev–Trinajstić information content (AvgIpc) is 1.88. The van der Waals surface area contributed by atoms with Gasteiger partial charge in [-0.2, -0.15) is 18.2 Å². The largest absolute Gasteiger partial charge is 3.00 e. The van der Waals surface area contributed by atoms with Crippen molar-refractivity contribution in [3.8, 4) is 0 Å². The third kappa shape index (κ3) is 2.68. The molecule has 0 radical (unpaired) electrons. The Balaban J connectivity index is 0.000001000. The zero-order chi connectivity index (χ0) is 7.56. The van der Waals surface area contributed by atoms with Crippen molar-refractivity contribution < 1.29 is 37.6 Å². The Labute approximate surface area is 89.8 Å². The van der Waals surface area contributed by atoms with Crippen LogP contribution in [-0.2, 0) is 32.7 Å². The molecule has 0 amide bonds. The Bertz CT molecular complexity index is 262. The van der Waals surface area contributed by atoms with E-state index in [0.29, 0.717) is 5.56 Å². The Morgan fingerprint density at radius 3 is 2.64 bits per heavy atom. The van der Waals surface area contributed by atoms with E-state index in [4.69, 9.17) is 0 Å². The fraction of sp³-hybridized carbons (Fsp3) is 0.143. The van der Waals surface area contributed by atoms with Gasteiger partial charge in [-0.1, -0.05) is 18.6 Å². The first-order chi connectivity index (χ1) is 4.72. The zero-order valence-corrected chi connectivity index (χ0v) is 8.91. The number of hydrogen-bond donors (Lipinski definition) is 0. The monoisotopic (exact) mass is 225 g/mol. The summed E-state index contributed by atoms with van der Waals surface area (Å²) in [6.45, 7) is 1.69. The average molecular weight is 225 g/mol. The Hall–Kier alpha value is -0.276. The molecule has 0 aromatic heterocycles. The van der Waals surface area contributed by atoms with Crippen molar-refractivity contribution in [3.05, 3.63) is 39.9 Å². The number of rotatable bonds is 1. The molecule has 4 heteroatoms. The molecule has 1 rings (SSSR count). The summed E-state index contributed by atoms with van der Waals surface area (Å²) in [5, 5.41) is 10.2. The number of hydrogen-bond acceptors (Lipinski definition) is 2. The van der Waals surface area contributed by atoms with Crippen LogP contribution in [0, 0.1) is 23.1 Å². The zero-order valence-electron chi connectivity index (χ0n) is 6.07. The molecule has 0 heterocycles. The first-order valence-corrected chi connectivity index (χ1v) is 2.83. The van der Waals surface area contributed by atoms with Crippen LogP contribution in [0.15, 0.2) is 18.2 Å². The van der Waals surface area contributed by atoms with Crippen molar-refractivity contribution in [3.63, 3.8) is 0 Å². The fourth-order valence-corrected chi connectivity index (χ4v) is 0.710. The van der Waals surface area contributed by atoms with Crippen molar-refractivity contribution in [1.29, 1.82) is 0 Å². The SMILES string of the molecule is Cc1c[c-]ccc1[N+](=O)[O-].[Y+3]. The van der Waals surface area contributed by atoms with Crippen LogP contribution in [0.1, 0.15) is 5.56 Å². The smallest absolute Gasteiger partial charge is 0.260 e. The summed E-state index contributed by atoms with van der Waals surface area (Å²) < 4.78 is 0. The van der Waals surface area contributed by atoms with Crippen LogP contribution >= 0.6 is 0 Å². The Morgan fingerprint density at radius 1 is 1.64 bits per heavy atom. The number of nitro benzene ring substituents is 1. The van der Waals surface area contributed by atoms with Crippen LogP contribution in [0.2, 0.25) is 0 Å². The van der Waals surface area contributed by atoms with Crippen LogP contribution < -0.4 is 0 Å². The van der Waals surface area contributed by atoms with Crippen molar-refractivity contribution in [2.45, 2.75) is 6.92 Å². The summed E-state index contributed by atoms with van der Waals surface area (Å²) in [7, 11) is 0. The van der Waals surface area contributed by atoms with Gasteiger partial charge in [0.15, 0.2) is 5.69 Å². The molecule has 1 aromatic carbocycles. The van der Waals surface area contributed by atoms with Gasteiger partial charge in [-0.3, -0.25) is 10.1 Å². The van der Waals surface area contributed by atoms with Crippen molar-refractivity contribution in [2.75, 3.05) is 0 Å². The molecule has 0 atom stereocenters. The fourth-order valence-electron chi connectivity index (χ4n) is 0.710. The third-order valence-corrected chi connectivity index (χ3v) is 1.24. The van der Waals surface area contributed by atoms with Gasteiger partial charge in [0, 0.05) is 4.92 Å². The molecule has 0 aliphatic rings. The van der Waals surface area contributed by atoms with Gasteiger partial charge >= 0.3 is 32.7 Å². The number of nitro groups is 1. The van der Waals surface area contributed by atoms with Crippen molar-refractivity contribution in [2.24, 2.45) is 0 Å². The van der Waals surface area contributed by atoms with Gasteiger partial charge in [-0.15, -0.1) is 0 Å². The minimum atomic E-state index is -0.400. The summed E-state index contributed by atoms with van der Waals surface area (Å²) in [6, 6.07) is 7.32. The van der Waals surface area contributed by atoms with E-state index in [-0.39, 0.29) is 38.4 Å². The Kier molecular flexibility index (Phi) is 4.46. The summed E-state index contributed by atoms with van der Waals surface area (Å²) in [5.74, 6) is 0. The molecule has 0 unspecified atom stereocenters. The topological polar surface area (TPSA) is 43.1 Å². The number of nitrogens with zero attached hydrogens (tertiary/aromatic N) is 1. The van der Waals surface area contributed by atoms with Crippen molar-refractivity contribution in [1.82, 2.24) is 0 Å². The van der Waals surface area contributed by atoms with Crippen LogP contribution in [0.4, 0.5) is 5.69 Å². The summed E-state index contributed by atoms with van der Waals surface area (Å²) in [6.07, 6.45) is 0. The molecule has 0 aliphatic carbocycles. The van der Waals surface area contributed by atoms with Gasteiger partial charge in [0.1, 0.15) is 0 Å². The maximum atomic E-state index is 10.2. The minimum Gasteiger partial charge on any atom is -0.260 e. The molecule has 1 aromatic rings. The normalized spacial score (nSPS) is 8.45. The molecule has 0 bridgehead atoms.